The van der Waals surface area contributed by atoms with Crippen molar-refractivity contribution in [1.82, 2.24) is 0 Å². The fourth-order valence-corrected chi connectivity index (χ4v) is 0. The first kappa shape index (κ1) is 23.0. The first-order valence-electron chi connectivity index (χ1n) is 0.651. The van der Waals surface area contributed by atoms with Crippen molar-refractivity contribution in [2.24, 2.45) is 0 Å². The summed E-state index contributed by atoms with van der Waals surface area (Å²) in [4.78, 5) is 8.56. The molecule has 0 spiro atoms. The molecular weight excluding hydrogens is 236 g/mol. The normalized spacial score (nSPS) is 3.43. The molecule has 0 bridgehead atoms. The van der Waals surface area contributed by atoms with E-state index in [1.807, 2.05) is 0 Å². The number of carboxylic acid groups (broad SMARTS) is 2. The summed E-state index contributed by atoms with van der Waals surface area (Å²) in [5.41, 5.74) is 0. The molecule has 0 aromatic carbocycles. The van der Waals surface area contributed by atoms with Gasteiger partial charge in [-0.2, -0.15) is 9.90 Å². The molecule has 0 saturated heterocycles. The predicted molar refractivity (Wildman–Crippen MR) is 28.9 cm³/mol. The monoisotopic (exact) mass is 242 g/mol. The summed E-state index contributed by atoms with van der Waals surface area (Å²) < 4.78 is 0. The third-order valence-corrected chi connectivity index (χ3v) is 0. The van der Waals surface area contributed by atoms with Gasteiger partial charge in [0.05, 0.1) is 0 Å². The number of hydrogen-bond acceptors (Lipinski definition) is 1. The molecule has 0 aliphatic heterocycles. The van der Waals surface area contributed by atoms with Gasteiger partial charge in [-0.1, -0.05) is 0 Å². The Morgan fingerprint density at radius 3 is 1.29 bits per heavy atom. The van der Waals surface area contributed by atoms with Crippen LogP contribution < -0.4 is 0 Å². The number of rotatable bonds is 0. The summed E-state index contributed by atoms with van der Waals surface area (Å²) in [7, 11) is 0. The van der Waals surface area contributed by atoms with Crippen molar-refractivity contribution in [2.45, 2.75) is 0 Å². The van der Waals surface area contributed by atoms with Gasteiger partial charge in [-0.05, 0) is 0 Å². The summed E-state index contributed by atoms with van der Waals surface area (Å²) in [5, 5.41) is 13.9. The van der Waals surface area contributed by atoms with Gasteiger partial charge in [0.1, 0.15) is 0 Å². The molecule has 7 heavy (non-hydrogen) atoms. The van der Waals surface area contributed by atoms with Crippen LogP contribution in [0.1, 0.15) is 0 Å². The molecule has 2 N–H and O–H groups in total. The second kappa shape index (κ2) is 15.7. The molecule has 0 rings (SSSR count). The molecule has 44 valence electrons. The van der Waals surface area contributed by atoms with Crippen molar-refractivity contribution in [3.8, 4) is 0 Å². The largest absolute Gasteiger partial charge is 0 e. The van der Waals surface area contributed by atoms with Gasteiger partial charge in [0.25, 0.3) is 0 Å². The zero-order valence-corrected chi connectivity index (χ0v) is 5.79. The van der Waals surface area contributed by atoms with Crippen molar-refractivity contribution < 1.29 is 35.4 Å². The standard InChI is InChI=1S/CH2O3.K.H3P.Pd.H/c2-1(3)4;;;;/h(H2,2,3,4);;1H3;;. The number of carbonyl (C=O) groups is 1. The summed E-state index contributed by atoms with van der Waals surface area (Å²) >= 11 is 0. The molecule has 0 heterocycles. The van der Waals surface area contributed by atoms with Crippen LogP contribution in [-0.2, 0) is 20.4 Å². The molecule has 0 radical (unpaired) electrons. The van der Waals surface area contributed by atoms with Crippen LogP contribution in [0, 0.1) is 0 Å². The maximum absolute atomic E-state index is 8.56. The Bertz CT molecular complexity index is 37.9. The average Bonchev–Trinajstić information content (AvgIpc) is 0.811. The van der Waals surface area contributed by atoms with E-state index in [4.69, 9.17) is 15.0 Å². The minimum absolute atomic E-state index is 0. The molecule has 0 aliphatic rings. The van der Waals surface area contributed by atoms with Gasteiger partial charge in [-0.3, -0.25) is 0 Å². The van der Waals surface area contributed by atoms with E-state index < -0.39 is 6.16 Å². The van der Waals surface area contributed by atoms with Crippen molar-refractivity contribution in [1.29, 1.82) is 0 Å². The van der Waals surface area contributed by atoms with Crippen LogP contribution in [0.4, 0.5) is 4.79 Å². The Kier molecular flexibility index (Phi) is 51.6. The molecule has 0 amide bonds. The van der Waals surface area contributed by atoms with Crippen molar-refractivity contribution >= 4 is 67.4 Å². The Labute approximate surface area is 101 Å². The van der Waals surface area contributed by atoms with Gasteiger partial charge >= 0.3 is 57.5 Å². The van der Waals surface area contributed by atoms with Crippen molar-refractivity contribution in [2.75, 3.05) is 0 Å². The van der Waals surface area contributed by atoms with Crippen LogP contribution in [0.3, 0.4) is 0 Å². The number of hydrogen-bond donors (Lipinski definition) is 2. The molecule has 0 aromatic rings. The van der Waals surface area contributed by atoms with E-state index >= 15 is 0 Å². The van der Waals surface area contributed by atoms with Crippen LogP contribution in [-0.4, -0.2) is 67.8 Å². The zero-order valence-electron chi connectivity index (χ0n) is 2.83. The third kappa shape index (κ3) is 72.1. The molecule has 0 aliphatic carbocycles. The molecule has 3 nitrogen and oxygen atoms in total. The summed E-state index contributed by atoms with van der Waals surface area (Å²) in [5.74, 6) is 0. The Hall–Kier alpha value is 2.00. The Morgan fingerprint density at radius 1 is 1.29 bits per heavy atom. The maximum Gasteiger partial charge on any atom is 0 e. The van der Waals surface area contributed by atoms with Crippen molar-refractivity contribution in [3.63, 3.8) is 0 Å². The first-order chi connectivity index (χ1) is 1.73. The zero-order chi connectivity index (χ0) is 3.58. The van der Waals surface area contributed by atoms with E-state index in [0.717, 1.165) is 0 Å². The molecule has 6 heteroatoms. The van der Waals surface area contributed by atoms with Crippen LogP contribution in [0.2, 0.25) is 0 Å². The minimum Gasteiger partial charge on any atom is 0 e. The van der Waals surface area contributed by atoms with E-state index in [1.54, 1.807) is 0 Å². The minimum atomic E-state index is -1.83. The summed E-state index contributed by atoms with van der Waals surface area (Å²) in [6, 6.07) is 0. The summed E-state index contributed by atoms with van der Waals surface area (Å²) in [6.07, 6.45) is -1.83. The molecule has 0 saturated carbocycles. The predicted octanol–water partition coefficient (Wildman–Crippen LogP) is -0.371. The second-order valence-electron chi connectivity index (χ2n) is 0.283. The van der Waals surface area contributed by atoms with Gasteiger partial charge in [-0.25, -0.2) is 4.79 Å². The van der Waals surface area contributed by atoms with E-state index in [9.17, 15) is 0 Å². The molecular formula is CH6KO3PPd. The van der Waals surface area contributed by atoms with Gasteiger partial charge < -0.3 is 10.2 Å². The first-order valence-corrected chi connectivity index (χ1v) is 0.651. The van der Waals surface area contributed by atoms with E-state index in [-0.39, 0.29) is 81.7 Å². The van der Waals surface area contributed by atoms with Gasteiger partial charge in [0.2, 0.25) is 0 Å². The van der Waals surface area contributed by atoms with Crippen LogP contribution in [0.5, 0.6) is 0 Å². The fraction of sp³-hybridized carbons (Fsp3) is 0. The molecule has 0 aromatic heterocycles. The van der Waals surface area contributed by atoms with Gasteiger partial charge in [0, 0.05) is 20.4 Å². The summed E-state index contributed by atoms with van der Waals surface area (Å²) in [6.45, 7) is 0. The average molecular weight is 243 g/mol. The van der Waals surface area contributed by atoms with Crippen LogP contribution in [0.25, 0.3) is 0 Å². The van der Waals surface area contributed by atoms with E-state index in [2.05, 4.69) is 0 Å². The van der Waals surface area contributed by atoms with E-state index in [0.29, 0.717) is 0 Å². The maximum atomic E-state index is 8.56. The smallest absolute Gasteiger partial charge is 0 e. The van der Waals surface area contributed by atoms with Crippen molar-refractivity contribution in [3.05, 3.63) is 0 Å². The molecule has 1 unspecified atom stereocenters. The molecule has 0 fully saturated rings. The van der Waals surface area contributed by atoms with Crippen LogP contribution >= 0.6 is 9.90 Å². The topological polar surface area (TPSA) is 57.5 Å². The van der Waals surface area contributed by atoms with Gasteiger partial charge in [0.15, 0.2) is 0 Å². The molecule has 1 atom stereocenters. The third-order valence-electron chi connectivity index (χ3n) is 0. The van der Waals surface area contributed by atoms with E-state index in [1.165, 1.54) is 0 Å². The Morgan fingerprint density at radius 2 is 1.29 bits per heavy atom. The van der Waals surface area contributed by atoms with Crippen LogP contribution in [0.15, 0.2) is 0 Å². The quantitative estimate of drug-likeness (QED) is 0.450. The second-order valence-corrected chi connectivity index (χ2v) is 0.283. The fourth-order valence-electron chi connectivity index (χ4n) is 0. The Balaban J connectivity index is -0.0000000150. The van der Waals surface area contributed by atoms with Gasteiger partial charge in [-0.15, -0.1) is 0 Å². The SMILES string of the molecule is O=C(O)O.P.[KH].[Pd].